The van der Waals surface area contributed by atoms with Crippen LogP contribution in [0.25, 0.3) is 0 Å². The largest absolute Gasteiger partial charge is 0.493 e. The molecule has 2 rings (SSSR count). The molecule has 1 heterocycles. The number of rotatable bonds is 8. The molecule has 0 N–H and O–H groups in total. The summed E-state index contributed by atoms with van der Waals surface area (Å²) >= 11 is 3.57. The second-order valence-corrected chi connectivity index (χ2v) is 7.26. The average molecular weight is 370 g/mol. The lowest BCUT2D eigenvalue weighted by molar-refractivity contribution is 0.0374. The first-order valence-electron chi connectivity index (χ1n) is 8.36. The van der Waals surface area contributed by atoms with E-state index in [1.54, 1.807) is 0 Å². The van der Waals surface area contributed by atoms with Gasteiger partial charge >= 0.3 is 0 Å². The third-order valence-corrected chi connectivity index (χ3v) is 4.49. The molecule has 22 heavy (non-hydrogen) atoms. The highest BCUT2D eigenvalue weighted by Gasteiger charge is 2.11. The number of morpholine rings is 1. The van der Waals surface area contributed by atoms with Gasteiger partial charge in [0.2, 0.25) is 0 Å². The first-order chi connectivity index (χ1) is 10.6. The number of nitrogens with zero attached hydrogens (tertiary/aromatic N) is 1. The van der Waals surface area contributed by atoms with Crippen LogP contribution in [0, 0.1) is 5.92 Å². The number of ether oxygens (including phenoxy) is 2. The van der Waals surface area contributed by atoms with E-state index < -0.39 is 0 Å². The molecular formula is C18H28BrNO2. The van der Waals surface area contributed by atoms with Gasteiger partial charge in [-0.25, -0.2) is 0 Å². The molecule has 0 bridgehead atoms. The Hall–Kier alpha value is -0.580. The topological polar surface area (TPSA) is 21.7 Å². The highest BCUT2D eigenvalue weighted by atomic mass is 79.9. The van der Waals surface area contributed by atoms with Crippen LogP contribution in [0.1, 0.15) is 32.3 Å². The Labute approximate surface area is 143 Å². The van der Waals surface area contributed by atoms with E-state index in [1.165, 1.54) is 5.56 Å². The zero-order chi connectivity index (χ0) is 15.8. The van der Waals surface area contributed by atoms with Crippen molar-refractivity contribution < 1.29 is 9.47 Å². The minimum absolute atomic E-state index is 0.681. The van der Waals surface area contributed by atoms with Crippen LogP contribution in [0.4, 0.5) is 0 Å². The molecule has 1 fully saturated rings. The third kappa shape index (κ3) is 6.27. The second kappa shape index (κ2) is 9.53. The Morgan fingerprint density at radius 3 is 2.77 bits per heavy atom. The van der Waals surface area contributed by atoms with Crippen LogP contribution in [-0.2, 0) is 11.2 Å². The molecule has 0 spiro atoms. The van der Waals surface area contributed by atoms with Crippen molar-refractivity contribution in [2.45, 2.75) is 33.1 Å². The van der Waals surface area contributed by atoms with Crippen molar-refractivity contribution in [1.29, 1.82) is 0 Å². The molecule has 1 aromatic rings. The standard InChI is InChI=1S/C18H28BrNO2/c1-15(2)7-11-22-18-6-5-17(19)14-16(18)4-3-8-20-9-12-21-13-10-20/h5-6,14-15H,3-4,7-13H2,1-2H3. The Morgan fingerprint density at radius 1 is 1.27 bits per heavy atom. The van der Waals surface area contributed by atoms with E-state index in [0.29, 0.717) is 5.92 Å². The Morgan fingerprint density at radius 2 is 2.05 bits per heavy atom. The summed E-state index contributed by atoms with van der Waals surface area (Å²) in [5.74, 6) is 1.73. The number of hydrogen-bond donors (Lipinski definition) is 0. The van der Waals surface area contributed by atoms with Crippen molar-refractivity contribution in [3.05, 3.63) is 28.2 Å². The molecule has 124 valence electrons. The lowest BCUT2D eigenvalue weighted by Gasteiger charge is -2.26. The Kier molecular flexibility index (Phi) is 7.70. The highest BCUT2D eigenvalue weighted by molar-refractivity contribution is 9.10. The molecule has 4 heteroatoms. The van der Waals surface area contributed by atoms with Crippen molar-refractivity contribution in [2.24, 2.45) is 5.92 Å². The van der Waals surface area contributed by atoms with E-state index in [2.05, 4.69) is 52.9 Å². The summed E-state index contributed by atoms with van der Waals surface area (Å²) < 4.78 is 12.5. The fraction of sp³-hybridized carbons (Fsp3) is 0.667. The second-order valence-electron chi connectivity index (χ2n) is 6.34. The summed E-state index contributed by atoms with van der Waals surface area (Å²) in [6.07, 6.45) is 3.33. The predicted octanol–water partition coefficient (Wildman–Crippen LogP) is 4.14. The highest BCUT2D eigenvalue weighted by Crippen LogP contribution is 2.25. The number of halogens is 1. The van der Waals surface area contributed by atoms with Crippen molar-refractivity contribution in [2.75, 3.05) is 39.5 Å². The van der Waals surface area contributed by atoms with Gasteiger partial charge in [-0.15, -0.1) is 0 Å². The number of hydrogen-bond acceptors (Lipinski definition) is 3. The monoisotopic (exact) mass is 369 g/mol. The van der Waals surface area contributed by atoms with E-state index >= 15 is 0 Å². The summed E-state index contributed by atoms with van der Waals surface area (Å²) in [5.41, 5.74) is 1.31. The van der Waals surface area contributed by atoms with Crippen LogP contribution in [0.2, 0.25) is 0 Å². The normalized spacial score (nSPS) is 16.2. The summed E-state index contributed by atoms with van der Waals surface area (Å²) in [5, 5.41) is 0. The van der Waals surface area contributed by atoms with Crippen LogP contribution in [0.15, 0.2) is 22.7 Å². The molecule has 0 amide bonds. The summed E-state index contributed by atoms with van der Waals surface area (Å²) in [6.45, 7) is 10.3. The van der Waals surface area contributed by atoms with E-state index in [1.807, 2.05) is 0 Å². The molecular weight excluding hydrogens is 342 g/mol. The Bertz CT molecular complexity index is 445. The van der Waals surface area contributed by atoms with Gasteiger partial charge in [0, 0.05) is 17.6 Å². The van der Waals surface area contributed by atoms with Gasteiger partial charge in [-0.05, 0) is 55.5 Å². The van der Waals surface area contributed by atoms with E-state index in [0.717, 1.165) is 68.9 Å². The van der Waals surface area contributed by atoms with Gasteiger partial charge < -0.3 is 9.47 Å². The molecule has 3 nitrogen and oxygen atoms in total. The molecule has 0 atom stereocenters. The zero-order valence-electron chi connectivity index (χ0n) is 13.8. The maximum Gasteiger partial charge on any atom is 0.122 e. The van der Waals surface area contributed by atoms with Crippen LogP contribution in [0.5, 0.6) is 5.75 Å². The van der Waals surface area contributed by atoms with Crippen molar-refractivity contribution >= 4 is 15.9 Å². The van der Waals surface area contributed by atoms with Gasteiger partial charge in [0.25, 0.3) is 0 Å². The fourth-order valence-electron chi connectivity index (χ4n) is 2.61. The van der Waals surface area contributed by atoms with E-state index in [4.69, 9.17) is 9.47 Å². The minimum Gasteiger partial charge on any atom is -0.493 e. The van der Waals surface area contributed by atoms with Gasteiger partial charge in [0.05, 0.1) is 19.8 Å². The van der Waals surface area contributed by atoms with Crippen LogP contribution >= 0.6 is 15.9 Å². The predicted molar refractivity (Wildman–Crippen MR) is 94.7 cm³/mol. The van der Waals surface area contributed by atoms with Crippen molar-refractivity contribution in [3.63, 3.8) is 0 Å². The lowest BCUT2D eigenvalue weighted by Crippen LogP contribution is -2.36. The maximum atomic E-state index is 5.99. The third-order valence-electron chi connectivity index (χ3n) is 4.00. The molecule has 1 aliphatic heterocycles. The molecule has 0 saturated carbocycles. The summed E-state index contributed by atoms with van der Waals surface area (Å²) in [6, 6.07) is 6.36. The minimum atomic E-state index is 0.681. The SMILES string of the molecule is CC(C)CCOc1ccc(Br)cc1CCCN1CCOCC1. The molecule has 0 unspecified atom stereocenters. The zero-order valence-corrected chi connectivity index (χ0v) is 15.4. The number of benzene rings is 1. The van der Waals surface area contributed by atoms with Crippen molar-refractivity contribution in [3.8, 4) is 5.75 Å². The van der Waals surface area contributed by atoms with Gasteiger partial charge in [-0.3, -0.25) is 4.90 Å². The van der Waals surface area contributed by atoms with E-state index in [9.17, 15) is 0 Å². The first-order valence-corrected chi connectivity index (χ1v) is 9.16. The molecule has 1 aromatic carbocycles. The summed E-state index contributed by atoms with van der Waals surface area (Å²) in [7, 11) is 0. The average Bonchev–Trinajstić information content (AvgIpc) is 2.50. The molecule has 0 radical (unpaired) electrons. The van der Waals surface area contributed by atoms with Gasteiger partial charge in [0.1, 0.15) is 5.75 Å². The maximum absolute atomic E-state index is 5.99. The Balaban J connectivity index is 1.83. The van der Waals surface area contributed by atoms with Gasteiger partial charge in [0.15, 0.2) is 0 Å². The van der Waals surface area contributed by atoms with Crippen LogP contribution in [0.3, 0.4) is 0 Å². The molecule has 0 aromatic heterocycles. The van der Waals surface area contributed by atoms with Crippen LogP contribution < -0.4 is 4.74 Å². The fourth-order valence-corrected chi connectivity index (χ4v) is 3.02. The summed E-state index contributed by atoms with van der Waals surface area (Å²) in [4.78, 5) is 2.49. The van der Waals surface area contributed by atoms with Gasteiger partial charge in [-0.2, -0.15) is 0 Å². The quantitative estimate of drug-likeness (QED) is 0.687. The first kappa shape index (κ1) is 17.8. The van der Waals surface area contributed by atoms with Crippen LogP contribution in [-0.4, -0.2) is 44.4 Å². The molecule has 0 aliphatic carbocycles. The van der Waals surface area contributed by atoms with Gasteiger partial charge in [-0.1, -0.05) is 29.8 Å². The molecule has 1 saturated heterocycles. The number of aryl methyl sites for hydroxylation is 1. The molecule has 1 aliphatic rings. The van der Waals surface area contributed by atoms with Crippen molar-refractivity contribution in [1.82, 2.24) is 4.90 Å². The van der Waals surface area contributed by atoms with E-state index in [-0.39, 0.29) is 0 Å². The lowest BCUT2D eigenvalue weighted by atomic mass is 10.1. The smallest absolute Gasteiger partial charge is 0.122 e.